The molecule has 0 spiro atoms. The van der Waals surface area contributed by atoms with Crippen molar-refractivity contribution in [3.05, 3.63) is 16.3 Å². The van der Waals surface area contributed by atoms with Gasteiger partial charge in [0, 0.05) is 39.8 Å². The van der Waals surface area contributed by atoms with Gasteiger partial charge in [0.1, 0.15) is 11.4 Å². The molecule has 2 aliphatic rings. The SMILES string of the molecule is COCc1nc(OC)c2c(C)c(C(=O)N3CCC(CN4CC(C)OC(C)C4)CC3)sc2n1. The lowest BCUT2D eigenvalue weighted by Gasteiger charge is -2.39. The van der Waals surface area contributed by atoms with Crippen LogP contribution in [0, 0.1) is 12.8 Å². The molecule has 4 rings (SSSR count). The van der Waals surface area contributed by atoms with Crippen LogP contribution in [0.2, 0.25) is 0 Å². The van der Waals surface area contributed by atoms with Crippen LogP contribution < -0.4 is 4.74 Å². The second kappa shape index (κ2) is 9.99. The van der Waals surface area contributed by atoms with Gasteiger partial charge in [0.25, 0.3) is 5.91 Å². The molecular formula is C23H34N4O4S. The van der Waals surface area contributed by atoms with Crippen molar-refractivity contribution in [2.24, 2.45) is 5.92 Å². The second-order valence-electron chi connectivity index (χ2n) is 9.03. The van der Waals surface area contributed by atoms with E-state index in [1.54, 1.807) is 14.2 Å². The Labute approximate surface area is 193 Å². The zero-order valence-corrected chi connectivity index (χ0v) is 20.5. The largest absolute Gasteiger partial charge is 0.480 e. The summed E-state index contributed by atoms with van der Waals surface area (Å²) in [6.07, 6.45) is 2.66. The number of ether oxygens (including phenoxy) is 3. The molecule has 0 aromatic carbocycles. The molecule has 0 bridgehead atoms. The Balaban J connectivity index is 1.43. The zero-order chi connectivity index (χ0) is 22.8. The summed E-state index contributed by atoms with van der Waals surface area (Å²) in [4.78, 5) is 28.4. The molecule has 9 heteroatoms. The minimum atomic E-state index is 0.0907. The number of methoxy groups -OCH3 is 2. The van der Waals surface area contributed by atoms with Gasteiger partial charge in [-0.25, -0.2) is 4.98 Å². The Hall–Kier alpha value is -1.81. The van der Waals surface area contributed by atoms with E-state index in [9.17, 15) is 4.79 Å². The molecule has 32 heavy (non-hydrogen) atoms. The molecule has 8 nitrogen and oxygen atoms in total. The number of thiophene rings is 1. The van der Waals surface area contributed by atoms with Crippen LogP contribution in [-0.4, -0.2) is 84.8 Å². The van der Waals surface area contributed by atoms with E-state index in [1.807, 2.05) is 11.8 Å². The molecule has 4 heterocycles. The molecule has 0 N–H and O–H groups in total. The van der Waals surface area contributed by atoms with Crippen LogP contribution in [0.5, 0.6) is 5.88 Å². The summed E-state index contributed by atoms with van der Waals surface area (Å²) < 4.78 is 16.5. The monoisotopic (exact) mass is 462 g/mol. The highest BCUT2D eigenvalue weighted by molar-refractivity contribution is 7.20. The fraction of sp³-hybridized carbons (Fsp3) is 0.696. The number of nitrogens with zero attached hydrogens (tertiary/aromatic N) is 4. The van der Waals surface area contributed by atoms with E-state index in [4.69, 9.17) is 14.2 Å². The van der Waals surface area contributed by atoms with Gasteiger partial charge >= 0.3 is 0 Å². The highest BCUT2D eigenvalue weighted by Crippen LogP contribution is 2.36. The third-order valence-corrected chi connectivity index (χ3v) is 7.55. The van der Waals surface area contributed by atoms with Crippen LogP contribution in [0.3, 0.4) is 0 Å². The Morgan fingerprint density at radius 1 is 1.16 bits per heavy atom. The first-order valence-corrected chi connectivity index (χ1v) is 12.2. The first-order chi connectivity index (χ1) is 15.4. The fourth-order valence-corrected chi connectivity index (χ4v) is 6.11. The average Bonchev–Trinajstić information content (AvgIpc) is 3.09. The third kappa shape index (κ3) is 4.90. The molecule has 2 fully saturated rings. The van der Waals surface area contributed by atoms with Crippen molar-refractivity contribution in [2.45, 2.75) is 52.4 Å². The highest BCUT2D eigenvalue weighted by atomic mass is 32.1. The number of carbonyl (C=O) groups is 1. The normalized spacial score (nSPS) is 23.1. The van der Waals surface area contributed by atoms with E-state index in [2.05, 4.69) is 28.7 Å². The standard InChI is InChI=1S/C23H34N4O4S/c1-14-10-26(11-15(2)31-14)12-17-6-8-27(9-7-17)23(28)20-16(3)19-21(30-5)24-18(13-29-4)25-22(19)32-20/h14-15,17H,6-13H2,1-5H3. The van der Waals surface area contributed by atoms with Gasteiger partial charge in [-0.05, 0) is 45.1 Å². The van der Waals surface area contributed by atoms with Crippen LogP contribution in [0.1, 0.15) is 47.7 Å². The van der Waals surface area contributed by atoms with Gasteiger partial charge in [0.15, 0.2) is 5.82 Å². The fourth-order valence-electron chi connectivity index (χ4n) is 4.95. The number of amides is 1. The van der Waals surface area contributed by atoms with Crippen LogP contribution >= 0.6 is 11.3 Å². The minimum Gasteiger partial charge on any atom is -0.480 e. The van der Waals surface area contributed by atoms with Gasteiger partial charge in [0.2, 0.25) is 5.88 Å². The van der Waals surface area contributed by atoms with Crippen LogP contribution in [-0.2, 0) is 16.1 Å². The van der Waals surface area contributed by atoms with Crippen molar-refractivity contribution < 1.29 is 19.0 Å². The molecule has 2 atom stereocenters. The van der Waals surface area contributed by atoms with Gasteiger partial charge in [0.05, 0.1) is 29.6 Å². The number of morpholine rings is 1. The Bertz CT molecular complexity index is 947. The molecule has 2 aromatic rings. The quantitative estimate of drug-likeness (QED) is 0.653. The number of fused-ring (bicyclic) bond motifs is 1. The predicted molar refractivity (Wildman–Crippen MR) is 124 cm³/mol. The zero-order valence-electron chi connectivity index (χ0n) is 19.7. The van der Waals surface area contributed by atoms with Crippen LogP contribution in [0.4, 0.5) is 0 Å². The van der Waals surface area contributed by atoms with Gasteiger partial charge in [-0.2, -0.15) is 4.98 Å². The number of carbonyl (C=O) groups excluding carboxylic acids is 1. The third-order valence-electron chi connectivity index (χ3n) is 6.38. The van der Waals surface area contributed by atoms with Gasteiger partial charge in [-0.3, -0.25) is 9.69 Å². The molecule has 0 saturated carbocycles. The smallest absolute Gasteiger partial charge is 0.264 e. The maximum absolute atomic E-state index is 13.4. The molecule has 2 aromatic heterocycles. The van der Waals surface area contributed by atoms with Crippen molar-refractivity contribution in [2.75, 3.05) is 46.9 Å². The summed E-state index contributed by atoms with van der Waals surface area (Å²) in [6, 6.07) is 0. The van der Waals surface area contributed by atoms with Crippen molar-refractivity contribution in [3.63, 3.8) is 0 Å². The van der Waals surface area contributed by atoms with E-state index >= 15 is 0 Å². The van der Waals surface area contributed by atoms with E-state index in [0.717, 1.165) is 66.2 Å². The molecule has 2 saturated heterocycles. The maximum atomic E-state index is 13.4. The lowest BCUT2D eigenvalue weighted by molar-refractivity contribution is -0.0728. The number of rotatable bonds is 6. The van der Waals surface area contributed by atoms with E-state index in [0.29, 0.717) is 36.4 Å². The summed E-state index contributed by atoms with van der Waals surface area (Å²) in [5.74, 6) is 1.78. The first kappa shape index (κ1) is 23.4. The number of piperidine rings is 1. The molecular weight excluding hydrogens is 428 g/mol. The minimum absolute atomic E-state index is 0.0907. The number of aromatic nitrogens is 2. The number of hydrogen-bond donors (Lipinski definition) is 0. The Morgan fingerprint density at radius 2 is 1.84 bits per heavy atom. The van der Waals surface area contributed by atoms with E-state index in [1.165, 1.54) is 11.3 Å². The summed E-state index contributed by atoms with van der Waals surface area (Å²) in [7, 11) is 3.20. The maximum Gasteiger partial charge on any atom is 0.264 e. The van der Waals surface area contributed by atoms with Crippen molar-refractivity contribution in [1.29, 1.82) is 0 Å². The first-order valence-electron chi connectivity index (χ1n) is 11.4. The topological polar surface area (TPSA) is 77.0 Å². The number of hydrogen-bond acceptors (Lipinski definition) is 8. The summed E-state index contributed by atoms with van der Waals surface area (Å²) in [5, 5.41) is 0.825. The summed E-state index contributed by atoms with van der Waals surface area (Å²) >= 11 is 1.42. The average molecular weight is 463 g/mol. The molecule has 2 aliphatic heterocycles. The Kier molecular flexibility index (Phi) is 7.29. The lowest BCUT2D eigenvalue weighted by Crippen LogP contribution is -2.48. The lowest BCUT2D eigenvalue weighted by atomic mass is 9.95. The van der Waals surface area contributed by atoms with E-state index < -0.39 is 0 Å². The summed E-state index contributed by atoms with van der Waals surface area (Å²) in [5.41, 5.74) is 0.897. The van der Waals surface area contributed by atoms with Crippen molar-refractivity contribution in [3.8, 4) is 5.88 Å². The molecule has 0 radical (unpaired) electrons. The number of likely N-dealkylation sites (tertiary alicyclic amines) is 1. The van der Waals surface area contributed by atoms with E-state index in [-0.39, 0.29) is 5.91 Å². The van der Waals surface area contributed by atoms with Crippen molar-refractivity contribution >= 4 is 27.5 Å². The van der Waals surface area contributed by atoms with Crippen LogP contribution in [0.15, 0.2) is 0 Å². The molecule has 176 valence electrons. The molecule has 0 aliphatic carbocycles. The summed E-state index contributed by atoms with van der Waals surface area (Å²) in [6.45, 7) is 11.2. The van der Waals surface area contributed by atoms with Crippen molar-refractivity contribution in [1.82, 2.24) is 19.8 Å². The Morgan fingerprint density at radius 3 is 2.47 bits per heavy atom. The second-order valence-corrected chi connectivity index (χ2v) is 10.0. The van der Waals surface area contributed by atoms with Gasteiger partial charge < -0.3 is 19.1 Å². The molecule has 2 unspecified atom stereocenters. The highest BCUT2D eigenvalue weighted by Gasteiger charge is 2.30. The van der Waals surface area contributed by atoms with Crippen LogP contribution in [0.25, 0.3) is 10.2 Å². The van der Waals surface area contributed by atoms with Gasteiger partial charge in [-0.15, -0.1) is 11.3 Å². The van der Waals surface area contributed by atoms with Gasteiger partial charge in [-0.1, -0.05) is 0 Å². The number of aryl methyl sites for hydroxylation is 1. The molecule has 1 amide bonds. The predicted octanol–water partition coefficient (Wildman–Crippen LogP) is 3.12.